The molecular formula is C23H24FN3O3. The predicted octanol–water partition coefficient (Wildman–Crippen LogP) is 3.48. The van der Waals surface area contributed by atoms with Crippen LogP contribution in [-0.4, -0.2) is 46.3 Å². The van der Waals surface area contributed by atoms with Gasteiger partial charge in [0.05, 0.1) is 0 Å². The van der Waals surface area contributed by atoms with Gasteiger partial charge in [0.15, 0.2) is 0 Å². The van der Waals surface area contributed by atoms with Crippen LogP contribution in [-0.2, 0) is 16.1 Å². The van der Waals surface area contributed by atoms with Gasteiger partial charge in [0.2, 0.25) is 5.91 Å². The Morgan fingerprint density at radius 2 is 1.77 bits per heavy atom. The molecule has 0 N–H and O–H groups in total. The van der Waals surface area contributed by atoms with E-state index in [9.17, 15) is 18.8 Å². The molecule has 2 aliphatic rings. The fourth-order valence-electron chi connectivity index (χ4n) is 3.75. The minimum Gasteiger partial charge on any atom is -0.334 e. The van der Waals surface area contributed by atoms with Crippen molar-refractivity contribution in [1.29, 1.82) is 0 Å². The highest BCUT2D eigenvalue weighted by atomic mass is 19.1. The summed E-state index contributed by atoms with van der Waals surface area (Å²) in [5.41, 5.74) is 2.09. The number of hydrogen-bond donors (Lipinski definition) is 0. The standard InChI is InChI=1S/C23H24FN3O3/c1-15-7-9-19(10-8-15)27-16(2)22(29)26(23(27)30)14-21(28)25(18-11-12-18)13-17-5-3-4-6-20(17)24/h3-10,16,18H,11-14H2,1-2H3/t16-/m0/s1. The van der Waals surface area contributed by atoms with Crippen LogP contribution < -0.4 is 4.90 Å². The van der Waals surface area contributed by atoms with E-state index in [-0.39, 0.29) is 30.9 Å². The lowest BCUT2D eigenvalue weighted by Gasteiger charge is -2.25. The number of halogens is 1. The molecule has 2 aromatic rings. The summed E-state index contributed by atoms with van der Waals surface area (Å²) in [6.07, 6.45) is 1.68. The van der Waals surface area contributed by atoms with Gasteiger partial charge in [-0.05, 0) is 44.9 Å². The average molecular weight is 409 g/mol. The summed E-state index contributed by atoms with van der Waals surface area (Å²) in [6, 6.07) is 12.5. The van der Waals surface area contributed by atoms with Crippen LogP contribution in [0, 0.1) is 12.7 Å². The number of benzene rings is 2. The zero-order valence-corrected chi connectivity index (χ0v) is 17.0. The molecule has 1 saturated heterocycles. The molecule has 2 fully saturated rings. The zero-order valence-electron chi connectivity index (χ0n) is 17.0. The molecule has 0 aromatic heterocycles. The van der Waals surface area contributed by atoms with Crippen molar-refractivity contribution >= 4 is 23.5 Å². The molecule has 1 atom stereocenters. The van der Waals surface area contributed by atoms with Crippen LogP contribution in [0.25, 0.3) is 0 Å². The Kier molecular flexibility index (Phi) is 5.28. The van der Waals surface area contributed by atoms with E-state index >= 15 is 0 Å². The first-order chi connectivity index (χ1) is 14.4. The van der Waals surface area contributed by atoms with Gasteiger partial charge in [0.25, 0.3) is 5.91 Å². The number of urea groups is 1. The number of imide groups is 1. The van der Waals surface area contributed by atoms with Crippen LogP contribution >= 0.6 is 0 Å². The number of amides is 4. The van der Waals surface area contributed by atoms with Gasteiger partial charge >= 0.3 is 6.03 Å². The molecule has 0 spiro atoms. The topological polar surface area (TPSA) is 60.9 Å². The lowest BCUT2D eigenvalue weighted by atomic mass is 10.2. The average Bonchev–Trinajstić information content (AvgIpc) is 3.54. The summed E-state index contributed by atoms with van der Waals surface area (Å²) in [6.45, 7) is 3.39. The lowest BCUT2D eigenvalue weighted by molar-refractivity contribution is -0.138. The van der Waals surface area contributed by atoms with Crippen molar-refractivity contribution < 1.29 is 18.8 Å². The van der Waals surface area contributed by atoms with Crippen LogP contribution in [0.5, 0.6) is 0 Å². The van der Waals surface area contributed by atoms with Gasteiger partial charge in [-0.25, -0.2) is 9.18 Å². The number of nitrogens with zero attached hydrogens (tertiary/aromatic N) is 3. The van der Waals surface area contributed by atoms with Crippen LogP contribution in [0.1, 0.15) is 30.9 Å². The van der Waals surface area contributed by atoms with E-state index in [1.807, 2.05) is 19.1 Å². The monoisotopic (exact) mass is 409 g/mol. The van der Waals surface area contributed by atoms with Crippen molar-refractivity contribution in [3.05, 3.63) is 65.5 Å². The van der Waals surface area contributed by atoms with Gasteiger partial charge in [0.1, 0.15) is 18.4 Å². The zero-order chi connectivity index (χ0) is 21.4. The van der Waals surface area contributed by atoms with E-state index in [0.29, 0.717) is 11.3 Å². The maximum absolute atomic E-state index is 14.1. The van der Waals surface area contributed by atoms with Gasteiger partial charge in [0, 0.05) is 23.8 Å². The maximum Gasteiger partial charge on any atom is 0.332 e. The summed E-state index contributed by atoms with van der Waals surface area (Å²) < 4.78 is 14.1. The van der Waals surface area contributed by atoms with E-state index in [1.165, 1.54) is 11.0 Å². The fourth-order valence-corrected chi connectivity index (χ4v) is 3.75. The molecule has 156 valence electrons. The molecule has 0 radical (unpaired) electrons. The normalized spacial score (nSPS) is 18.8. The highest BCUT2D eigenvalue weighted by Gasteiger charge is 2.45. The molecule has 0 bridgehead atoms. The minimum absolute atomic E-state index is 0.0236. The smallest absolute Gasteiger partial charge is 0.332 e. The van der Waals surface area contributed by atoms with Crippen molar-refractivity contribution in [3.8, 4) is 0 Å². The van der Waals surface area contributed by atoms with E-state index in [0.717, 1.165) is 23.3 Å². The second-order valence-corrected chi connectivity index (χ2v) is 7.93. The lowest BCUT2D eigenvalue weighted by Crippen LogP contribution is -2.44. The van der Waals surface area contributed by atoms with Crippen molar-refractivity contribution in [2.45, 2.75) is 45.3 Å². The largest absolute Gasteiger partial charge is 0.334 e. The molecule has 30 heavy (non-hydrogen) atoms. The molecule has 6 nitrogen and oxygen atoms in total. The van der Waals surface area contributed by atoms with Gasteiger partial charge in [-0.3, -0.25) is 19.4 Å². The minimum atomic E-state index is -0.686. The first kappa shape index (κ1) is 20.1. The van der Waals surface area contributed by atoms with Crippen LogP contribution in [0.15, 0.2) is 48.5 Å². The fraction of sp³-hybridized carbons (Fsp3) is 0.348. The van der Waals surface area contributed by atoms with Crippen molar-refractivity contribution in [1.82, 2.24) is 9.80 Å². The van der Waals surface area contributed by atoms with E-state index in [4.69, 9.17) is 0 Å². The highest BCUT2D eigenvalue weighted by molar-refractivity contribution is 6.15. The van der Waals surface area contributed by atoms with Gasteiger partial charge in [-0.1, -0.05) is 35.9 Å². The number of carbonyl (C=O) groups is 3. The summed E-state index contributed by atoms with van der Waals surface area (Å²) in [4.78, 5) is 42.7. The summed E-state index contributed by atoms with van der Waals surface area (Å²) in [5, 5.41) is 0. The third-order valence-corrected chi connectivity index (χ3v) is 5.66. The van der Waals surface area contributed by atoms with Crippen molar-refractivity contribution in [2.24, 2.45) is 0 Å². The van der Waals surface area contributed by atoms with E-state index in [1.54, 1.807) is 42.2 Å². The Hall–Kier alpha value is -3.22. The maximum atomic E-state index is 14.1. The number of carbonyl (C=O) groups excluding carboxylic acids is 3. The van der Waals surface area contributed by atoms with Gasteiger partial charge < -0.3 is 4.90 Å². The second kappa shape index (κ2) is 7.89. The van der Waals surface area contributed by atoms with Crippen molar-refractivity contribution in [2.75, 3.05) is 11.4 Å². The summed E-state index contributed by atoms with van der Waals surface area (Å²) in [7, 11) is 0. The van der Waals surface area contributed by atoms with Crippen LogP contribution in [0.3, 0.4) is 0 Å². The Morgan fingerprint density at radius 3 is 2.40 bits per heavy atom. The Bertz CT molecular complexity index is 987. The summed E-state index contributed by atoms with van der Waals surface area (Å²) >= 11 is 0. The Labute approximate surface area is 174 Å². The Balaban J connectivity index is 1.51. The third-order valence-electron chi connectivity index (χ3n) is 5.66. The number of rotatable bonds is 6. The molecule has 1 aliphatic heterocycles. The van der Waals surface area contributed by atoms with Crippen LogP contribution in [0.4, 0.5) is 14.9 Å². The number of hydrogen-bond acceptors (Lipinski definition) is 3. The van der Waals surface area contributed by atoms with Gasteiger partial charge in [-0.15, -0.1) is 0 Å². The first-order valence-electron chi connectivity index (χ1n) is 10.1. The summed E-state index contributed by atoms with van der Waals surface area (Å²) in [5.74, 6) is -1.13. The molecule has 2 aromatic carbocycles. The molecule has 1 aliphatic carbocycles. The quantitative estimate of drug-likeness (QED) is 0.687. The number of aryl methyl sites for hydroxylation is 1. The molecule has 0 unspecified atom stereocenters. The first-order valence-corrected chi connectivity index (χ1v) is 10.1. The molecule has 4 rings (SSSR count). The van der Waals surface area contributed by atoms with Gasteiger partial charge in [-0.2, -0.15) is 0 Å². The van der Waals surface area contributed by atoms with Crippen LogP contribution in [0.2, 0.25) is 0 Å². The molecule has 1 saturated carbocycles. The number of anilines is 1. The van der Waals surface area contributed by atoms with E-state index < -0.39 is 18.0 Å². The Morgan fingerprint density at radius 1 is 1.10 bits per heavy atom. The SMILES string of the molecule is Cc1ccc(N2C(=O)N(CC(=O)N(Cc3ccccc3F)C3CC3)C(=O)[C@@H]2C)cc1. The molecular weight excluding hydrogens is 385 g/mol. The molecule has 7 heteroatoms. The van der Waals surface area contributed by atoms with E-state index in [2.05, 4.69) is 0 Å². The second-order valence-electron chi connectivity index (χ2n) is 7.93. The predicted molar refractivity (Wildman–Crippen MR) is 110 cm³/mol. The molecule has 4 amide bonds. The third kappa shape index (κ3) is 3.79. The van der Waals surface area contributed by atoms with Crippen molar-refractivity contribution in [3.63, 3.8) is 0 Å². The highest BCUT2D eigenvalue weighted by Crippen LogP contribution is 2.30. The molecule has 1 heterocycles.